The highest BCUT2D eigenvalue weighted by molar-refractivity contribution is 6.42. The molecule has 0 spiro atoms. The highest BCUT2D eigenvalue weighted by Gasteiger charge is 2.24. The van der Waals surface area contributed by atoms with Gasteiger partial charge < -0.3 is 28.8 Å². The maximum absolute atomic E-state index is 13.2. The van der Waals surface area contributed by atoms with E-state index in [9.17, 15) is 9.90 Å². The fourth-order valence-corrected chi connectivity index (χ4v) is 6.59. The molecule has 0 aliphatic carbocycles. The first-order chi connectivity index (χ1) is 22.4. The summed E-state index contributed by atoms with van der Waals surface area (Å²) in [5, 5.41) is 10.5. The van der Waals surface area contributed by atoms with E-state index in [1.54, 1.807) is 4.90 Å². The zero-order valence-electron chi connectivity index (χ0n) is 26.0. The minimum absolute atomic E-state index is 0.00102. The molecule has 1 saturated heterocycles. The molecule has 2 aromatic heterocycles. The van der Waals surface area contributed by atoms with E-state index in [1.807, 2.05) is 85.9 Å². The Morgan fingerprint density at radius 2 is 1.72 bits per heavy atom. The second-order valence-corrected chi connectivity index (χ2v) is 12.7. The number of aliphatic hydroxyl groups is 1. The maximum atomic E-state index is 13.2. The van der Waals surface area contributed by atoms with Crippen LogP contribution in [0.25, 0.3) is 11.0 Å². The van der Waals surface area contributed by atoms with Crippen LogP contribution in [0, 0.1) is 0 Å². The lowest BCUT2D eigenvalue weighted by molar-refractivity contribution is 0.0782. The molecule has 1 atom stereocenters. The Balaban J connectivity index is 1.15. The molecule has 46 heavy (non-hydrogen) atoms. The van der Waals surface area contributed by atoms with E-state index in [0.29, 0.717) is 34.5 Å². The Bertz CT molecular complexity index is 1770. The summed E-state index contributed by atoms with van der Waals surface area (Å²) >= 11 is 12.7. The van der Waals surface area contributed by atoms with Crippen LogP contribution in [0.2, 0.25) is 10.0 Å². The van der Waals surface area contributed by atoms with Crippen LogP contribution in [0.3, 0.4) is 0 Å². The van der Waals surface area contributed by atoms with Crippen LogP contribution >= 0.6 is 23.2 Å². The van der Waals surface area contributed by atoms with Crippen molar-refractivity contribution < 1.29 is 14.3 Å². The Hall–Kier alpha value is -3.82. The maximum Gasteiger partial charge on any atom is 0.253 e. The second-order valence-electron chi connectivity index (χ2n) is 11.9. The van der Waals surface area contributed by atoms with Gasteiger partial charge in [-0.25, -0.2) is 4.98 Å². The first kappa shape index (κ1) is 32.1. The van der Waals surface area contributed by atoms with Gasteiger partial charge in [-0.2, -0.15) is 0 Å². The standard InChI is InChI=1S/C36H39Cl2N5O3/c1-40(35(45)26-8-3-2-4-9-26)23-28(27-12-15-31(37)32(38)22-27)16-19-41-17-7-18-42(21-20-41)36-39-33-10-5-6-11-34(33)43(36)24-29-13-14-30(25-44)46-29/h2-6,8-15,22,28,44H,7,16-21,23-25H2,1H3. The molecule has 1 aliphatic rings. The smallest absolute Gasteiger partial charge is 0.253 e. The summed E-state index contributed by atoms with van der Waals surface area (Å²) in [5.74, 6) is 2.36. The van der Waals surface area contributed by atoms with Crippen molar-refractivity contribution >= 4 is 46.1 Å². The van der Waals surface area contributed by atoms with E-state index in [1.165, 1.54) is 0 Å². The van der Waals surface area contributed by atoms with Crippen LogP contribution in [-0.4, -0.2) is 76.7 Å². The SMILES string of the molecule is CN(CC(CCN1CCCN(c2nc3ccccc3n2Cc2ccc(CO)o2)CC1)c1ccc(Cl)c(Cl)c1)C(=O)c1ccccc1. The van der Waals surface area contributed by atoms with Crippen molar-refractivity contribution in [3.8, 4) is 0 Å². The molecule has 8 nitrogen and oxygen atoms in total. The van der Waals surface area contributed by atoms with Gasteiger partial charge in [-0.1, -0.05) is 59.6 Å². The highest BCUT2D eigenvalue weighted by Crippen LogP contribution is 2.30. The number of amides is 1. The molecule has 1 aliphatic heterocycles. The first-order valence-electron chi connectivity index (χ1n) is 15.8. The van der Waals surface area contributed by atoms with E-state index in [-0.39, 0.29) is 18.4 Å². The number of aliphatic hydroxyl groups excluding tert-OH is 1. The van der Waals surface area contributed by atoms with Gasteiger partial charge in [-0.05, 0) is 80.0 Å². The lowest BCUT2D eigenvalue weighted by atomic mass is 9.94. The van der Waals surface area contributed by atoms with Gasteiger partial charge in [0.05, 0.1) is 27.6 Å². The number of hydrogen-bond acceptors (Lipinski definition) is 6. The predicted octanol–water partition coefficient (Wildman–Crippen LogP) is 6.93. The molecule has 1 amide bonds. The average Bonchev–Trinajstić information content (AvgIpc) is 3.61. The first-order valence-corrected chi connectivity index (χ1v) is 16.5. The fourth-order valence-electron chi connectivity index (χ4n) is 6.29. The van der Waals surface area contributed by atoms with Crippen LogP contribution in [-0.2, 0) is 13.2 Å². The van der Waals surface area contributed by atoms with E-state index < -0.39 is 0 Å². The minimum Gasteiger partial charge on any atom is -0.462 e. The molecule has 0 radical (unpaired) electrons. The number of furan rings is 1. The van der Waals surface area contributed by atoms with Crippen LogP contribution in [0.15, 0.2) is 89.3 Å². The molecule has 0 saturated carbocycles. The highest BCUT2D eigenvalue weighted by atomic mass is 35.5. The van der Waals surface area contributed by atoms with E-state index in [4.69, 9.17) is 32.6 Å². The molecule has 3 heterocycles. The number of carbonyl (C=O) groups excluding carboxylic acids is 1. The van der Waals surface area contributed by atoms with Gasteiger partial charge in [0.15, 0.2) is 0 Å². The molecule has 1 N–H and O–H groups in total. The molecule has 1 unspecified atom stereocenters. The Labute approximate surface area is 279 Å². The van der Waals surface area contributed by atoms with Crippen molar-refractivity contribution in [3.63, 3.8) is 0 Å². The lowest BCUT2D eigenvalue weighted by Gasteiger charge is -2.28. The van der Waals surface area contributed by atoms with E-state index >= 15 is 0 Å². The molecular formula is C36H39Cl2N5O3. The van der Waals surface area contributed by atoms with Crippen molar-refractivity contribution in [2.45, 2.75) is 31.9 Å². The normalized spacial score (nSPS) is 14.8. The third-order valence-electron chi connectivity index (χ3n) is 8.76. The summed E-state index contributed by atoms with van der Waals surface area (Å²) in [7, 11) is 1.86. The number of imidazole rings is 1. The number of hydrogen-bond donors (Lipinski definition) is 1. The number of likely N-dealkylation sites (N-methyl/N-ethyl adjacent to an activating group) is 1. The van der Waals surface area contributed by atoms with Gasteiger partial charge in [0.2, 0.25) is 5.95 Å². The largest absolute Gasteiger partial charge is 0.462 e. The van der Waals surface area contributed by atoms with Gasteiger partial charge in [-0.3, -0.25) is 4.79 Å². The predicted molar refractivity (Wildman–Crippen MR) is 184 cm³/mol. The number of benzene rings is 3. The molecule has 0 bridgehead atoms. The van der Waals surface area contributed by atoms with Crippen LogP contribution in [0.5, 0.6) is 0 Å². The zero-order chi connectivity index (χ0) is 32.0. The molecule has 6 rings (SSSR count). The third-order valence-corrected chi connectivity index (χ3v) is 9.50. The average molecular weight is 661 g/mol. The number of anilines is 1. The van der Waals surface area contributed by atoms with E-state index in [2.05, 4.69) is 20.4 Å². The number of fused-ring (bicyclic) bond motifs is 1. The van der Waals surface area contributed by atoms with Gasteiger partial charge in [0.25, 0.3) is 5.91 Å². The fraction of sp³-hybridized carbons (Fsp3) is 0.333. The molecule has 10 heteroatoms. The summed E-state index contributed by atoms with van der Waals surface area (Å²) in [4.78, 5) is 25.0. The summed E-state index contributed by atoms with van der Waals surface area (Å²) < 4.78 is 8.06. The van der Waals surface area contributed by atoms with Crippen LogP contribution in [0.1, 0.15) is 46.2 Å². The van der Waals surface area contributed by atoms with Gasteiger partial charge >= 0.3 is 0 Å². The van der Waals surface area contributed by atoms with E-state index in [0.717, 1.165) is 73.9 Å². The molecule has 3 aromatic carbocycles. The summed E-state index contributed by atoms with van der Waals surface area (Å²) in [6.07, 6.45) is 1.87. The van der Waals surface area contributed by atoms with Gasteiger partial charge in [-0.15, -0.1) is 0 Å². The third kappa shape index (κ3) is 7.42. The number of para-hydroxylation sites is 2. The number of nitrogens with zero attached hydrogens (tertiary/aromatic N) is 5. The number of rotatable bonds is 11. The van der Waals surface area contributed by atoms with Crippen LogP contribution in [0.4, 0.5) is 5.95 Å². The topological polar surface area (TPSA) is 78.0 Å². The summed E-state index contributed by atoms with van der Waals surface area (Å²) in [6, 6.07) is 27.1. The Morgan fingerprint density at radius 3 is 2.50 bits per heavy atom. The molecule has 5 aromatic rings. The summed E-state index contributed by atoms with van der Waals surface area (Å²) in [6.45, 7) is 5.48. The van der Waals surface area contributed by atoms with Crippen molar-refractivity contribution in [1.29, 1.82) is 0 Å². The number of aromatic nitrogens is 2. The molecule has 1 fully saturated rings. The van der Waals surface area contributed by atoms with Crippen molar-refractivity contribution in [2.75, 3.05) is 51.2 Å². The Morgan fingerprint density at radius 1 is 0.935 bits per heavy atom. The molecule has 240 valence electrons. The monoisotopic (exact) mass is 659 g/mol. The van der Waals surface area contributed by atoms with Crippen molar-refractivity contribution in [1.82, 2.24) is 19.4 Å². The van der Waals surface area contributed by atoms with Crippen molar-refractivity contribution in [3.05, 3.63) is 118 Å². The lowest BCUT2D eigenvalue weighted by Crippen LogP contribution is -2.35. The van der Waals surface area contributed by atoms with Crippen LogP contribution < -0.4 is 4.90 Å². The second kappa shape index (κ2) is 14.7. The number of carbonyl (C=O) groups is 1. The van der Waals surface area contributed by atoms with Gasteiger partial charge in [0.1, 0.15) is 18.1 Å². The van der Waals surface area contributed by atoms with Gasteiger partial charge in [0, 0.05) is 44.7 Å². The Kier molecular flexibility index (Phi) is 10.3. The quantitative estimate of drug-likeness (QED) is 0.166. The summed E-state index contributed by atoms with van der Waals surface area (Å²) in [5.41, 5.74) is 3.76. The number of halogens is 2. The minimum atomic E-state index is -0.120. The van der Waals surface area contributed by atoms with Crippen molar-refractivity contribution in [2.24, 2.45) is 0 Å². The zero-order valence-corrected chi connectivity index (χ0v) is 27.5. The molecular weight excluding hydrogens is 621 g/mol.